The van der Waals surface area contributed by atoms with E-state index in [1.807, 2.05) is 24.4 Å². The predicted octanol–water partition coefficient (Wildman–Crippen LogP) is 3.67. The summed E-state index contributed by atoms with van der Waals surface area (Å²) in [7, 11) is 0. The molecule has 0 spiro atoms. The summed E-state index contributed by atoms with van der Waals surface area (Å²) in [5, 5.41) is 23.3. The van der Waals surface area contributed by atoms with Crippen LogP contribution in [-0.2, 0) is 0 Å². The third-order valence-corrected chi connectivity index (χ3v) is 4.88. The van der Waals surface area contributed by atoms with E-state index in [1.54, 1.807) is 0 Å². The van der Waals surface area contributed by atoms with Crippen molar-refractivity contribution in [1.29, 1.82) is 0 Å². The number of aromatic amines is 2. The van der Waals surface area contributed by atoms with Gasteiger partial charge in [-0.1, -0.05) is 29.8 Å². The number of H-pyrrole nitrogens is 2. The van der Waals surface area contributed by atoms with Gasteiger partial charge >= 0.3 is 0 Å². The molecule has 2 N–H and O–H groups in total. The number of hydrogen-bond acceptors (Lipinski definition) is 4. The molecule has 1 aliphatic carbocycles. The van der Waals surface area contributed by atoms with Gasteiger partial charge in [0.2, 0.25) is 5.82 Å². The standard InChI is InChI=1S/C17H13ClN6/c18-11-5-13(15-8-19-20-16(15)6-11)14-7-12(14)9-2-1-3-10(4-9)17-21-23-24-22-17/h1-6,8,12,14H,7H2,(H,19,20)(H,21,22,23,24)/t12-,14+/m0/s1. The second kappa shape index (κ2) is 5.14. The van der Waals surface area contributed by atoms with Crippen LogP contribution in [-0.4, -0.2) is 30.8 Å². The first-order valence-electron chi connectivity index (χ1n) is 7.76. The van der Waals surface area contributed by atoms with Crippen LogP contribution in [0, 0.1) is 0 Å². The topological polar surface area (TPSA) is 83.1 Å². The molecular weight excluding hydrogens is 324 g/mol. The van der Waals surface area contributed by atoms with E-state index in [-0.39, 0.29) is 0 Å². The van der Waals surface area contributed by atoms with Gasteiger partial charge < -0.3 is 0 Å². The number of hydrogen-bond donors (Lipinski definition) is 2. The van der Waals surface area contributed by atoms with Gasteiger partial charge in [-0.25, -0.2) is 0 Å². The second-order valence-electron chi connectivity index (χ2n) is 6.14. The molecule has 2 aromatic heterocycles. The fourth-order valence-electron chi connectivity index (χ4n) is 3.45. The number of nitrogens with one attached hydrogen (secondary N) is 2. The third kappa shape index (κ3) is 2.18. The van der Waals surface area contributed by atoms with Crippen LogP contribution in [0.3, 0.4) is 0 Å². The molecular formula is C17H13ClN6. The number of halogens is 1. The van der Waals surface area contributed by atoms with Gasteiger partial charge in [0.25, 0.3) is 0 Å². The normalized spacial score (nSPS) is 19.7. The Bertz CT molecular complexity index is 1020. The van der Waals surface area contributed by atoms with Crippen molar-refractivity contribution in [2.45, 2.75) is 18.3 Å². The van der Waals surface area contributed by atoms with E-state index in [4.69, 9.17) is 11.6 Å². The van der Waals surface area contributed by atoms with Crippen LogP contribution in [0.15, 0.2) is 42.6 Å². The van der Waals surface area contributed by atoms with E-state index in [0.717, 1.165) is 27.9 Å². The molecule has 118 valence electrons. The van der Waals surface area contributed by atoms with Gasteiger partial charge in [0.15, 0.2) is 0 Å². The number of aromatic nitrogens is 6. The Kier molecular flexibility index (Phi) is 2.93. The van der Waals surface area contributed by atoms with Crippen LogP contribution in [0.2, 0.25) is 5.02 Å². The Morgan fingerprint density at radius 2 is 2.08 bits per heavy atom. The highest BCUT2D eigenvalue weighted by Crippen LogP contribution is 2.56. The summed E-state index contributed by atoms with van der Waals surface area (Å²) in [5.74, 6) is 1.56. The van der Waals surface area contributed by atoms with Crippen molar-refractivity contribution in [2.24, 2.45) is 0 Å². The molecule has 1 fully saturated rings. The molecule has 1 aliphatic rings. The number of benzene rings is 2. The van der Waals surface area contributed by atoms with Gasteiger partial charge in [-0.2, -0.15) is 10.3 Å². The molecule has 0 bridgehead atoms. The average molecular weight is 337 g/mol. The molecule has 2 heterocycles. The maximum atomic E-state index is 6.26. The van der Waals surface area contributed by atoms with Crippen LogP contribution in [0.4, 0.5) is 0 Å². The molecule has 2 atom stereocenters. The SMILES string of the molecule is Clc1cc([C@@H]2C[C@H]2c2cccc(-c3nn[nH]n3)c2)c2cn[nH]c2c1. The highest BCUT2D eigenvalue weighted by molar-refractivity contribution is 6.31. The summed E-state index contributed by atoms with van der Waals surface area (Å²) in [6.45, 7) is 0. The lowest BCUT2D eigenvalue weighted by molar-refractivity contribution is 0.881. The molecule has 24 heavy (non-hydrogen) atoms. The van der Waals surface area contributed by atoms with E-state index >= 15 is 0 Å². The zero-order valence-corrected chi connectivity index (χ0v) is 13.3. The number of tetrazole rings is 1. The maximum absolute atomic E-state index is 6.26. The summed E-state index contributed by atoms with van der Waals surface area (Å²) < 4.78 is 0. The quantitative estimate of drug-likeness (QED) is 0.598. The minimum absolute atomic E-state index is 0.462. The van der Waals surface area contributed by atoms with Crippen molar-refractivity contribution in [3.8, 4) is 11.4 Å². The first-order valence-corrected chi connectivity index (χ1v) is 8.14. The first-order chi connectivity index (χ1) is 11.8. The van der Waals surface area contributed by atoms with Crippen LogP contribution in [0.1, 0.15) is 29.4 Å². The maximum Gasteiger partial charge on any atom is 0.204 e. The van der Waals surface area contributed by atoms with E-state index in [1.165, 1.54) is 11.1 Å². The Hall–Kier alpha value is -2.73. The fraction of sp³-hybridized carbons (Fsp3) is 0.176. The second-order valence-corrected chi connectivity index (χ2v) is 6.57. The minimum Gasteiger partial charge on any atom is -0.278 e. The molecule has 0 aliphatic heterocycles. The highest BCUT2D eigenvalue weighted by atomic mass is 35.5. The monoisotopic (exact) mass is 336 g/mol. The van der Waals surface area contributed by atoms with Gasteiger partial charge in [-0.15, -0.1) is 10.2 Å². The molecule has 0 unspecified atom stereocenters. The van der Waals surface area contributed by atoms with Gasteiger partial charge in [0.05, 0.1) is 11.7 Å². The van der Waals surface area contributed by atoms with Crippen molar-refractivity contribution in [3.05, 3.63) is 58.7 Å². The lowest BCUT2D eigenvalue weighted by atomic mass is 10.0. The minimum atomic E-state index is 0.462. The highest BCUT2D eigenvalue weighted by Gasteiger charge is 2.40. The summed E-state index contributed by atoms with van der Waals surface area (Å²) in [4.78, 5) is 0. The Morgan fingerprint density at radius 3 is 2.96 bits per heavy atom. The first kappa shape index (κ1) is 13.7. The summed E-state index contributed by atoms with van der Waals surface area (Å²) >= 11 is 6.26. The smallest absolute Gasteiger partial charge is 0.204 e. The van der Waals surface area contributed by atoms with Crippen molar-refractivity contribution >= 4 is 22.5 Å². The van der Waals surface area contributed by atoms with Gasteiger partial charge in [-0.3, -0.25) is 5.10 Å². The molecule has 7 heteroatoms. The molecule has 5 rings (SSSR count). The Morgan fingerprint density at radius 1 is 1.12 bits per heavy atom. The molecule has 0 radical (unpaired) electrons. The fourth-order valence-corrected chi connectivity index (χ4v) is 3.68. The van der Waals surface area contributed by atoms with Gasteiger partial charge in [0, 0.05) is 16.0 Å². The lowest BCUT2D eigenvalue weighted by Crippen LogP contribution is -1.88. The molecule has 0 saturated heterocycles. The molecule has 4 aromatic rings. The van der Waals surface area contributed by atoms with Crippen LogP contribution in [0.25, 0.3) is 22.3 Å². The van der Waals surface area contributed by atoms with Gasteiger partial charge in [-0.05, 0) is 52.8 Å². The lowest BCUT2D eigenvalue weighted by Gasteiger charge is -2.05. The van der Waals surface area contributed by atoms with Gasteiger partial charge in [0.1, 0.15) is 0 Å². The van der Waals surface area contributed by atoms with Crippen molar-refractivity contribution in [2.75, 3.05) is 0 Å². The van der Waals surface area contributed by atoms with Crippen molar-refractivity contribution < 1.29 is 0 Å². The zero-order valence-electron chi connectivity index (χ0n) is 12.6. The Labute approximate surface area is 142 Å². The zero-order chi connectivity index (χ0) is 16.1. The van der Waals surface area contributed by atoms with Crippen molar-refractivity contribution in [1.82, 2.24) is 30.8 Å². The number of rotatable bonds is 3. The predicted molar refractivity (Wildman–Crippen MR) is 90.8 cm³/mol. The molecule has 1 saturated carbocycles. The van der Waals surface area contributed by atoms with Crippen LogP contribution in [0.5, 0.6) is 0 Å². The average Bonchev–Trinajstić information content (AvgIpc) is 2.98. The van der Waals surface area contributed by atoms with E-state index in [2.05, 4.69) is 49.0 Å². The number of nitrogens with zero attached hydrogens (tertiary/aromatic N) is 4. The molecule has 2 aromatic carbocycles. The molecule has 6 nitrogen and oxygen atoms in total. The van der Waals surface area contributed by atoms with Crippen LogP contribution >= 0.6 is 11.6 Å². The van der Waals surface area contributed by atoms with Crippen LogP contribution < -0.4 is 0 Å². The number of fused-ring (bicyclic) bond motifs is 1. The largest absolute Gasteiger partial charge is 0.278 e. The van der Waals surface area contributed by atoms with E-state index < -0.39 is 0 Å². The summed E-state index contributed by atoms with van der Waals surface area (Å²) in [5.41, 5.74) is 4.52. The Balaban J connectivity index is 1.50. The summed E-state index contributed by atoms with van der Waals surface area (Å²) in [6, 6.07) is 12.3. The van der Waals surface area contributed by atoms with E-state index in [0.29, 0.717) is 17.7 Å². The van der Waals surface area contributed by atoms with E-state index in [9.17, 15) is 0 Å². The summed E-state index contributed by atoms with van der Waals surface area (Å²) in [6.07, 6.45) is 2.99. The van der Waals surface area contributed by atoms with Crippen molar-refractivity contribution in [3.63, 3.8) is 0 Å². The molecule has 0 amide bonds. The third-order valence-electron chi connectivity index (χ3n) is 4.66.